The third kappa shape index (κ3) is 2.68. The summed E-state index contributed by atoms with van der Waals surface area (Å²) in [5, 5.41) is 10.0. The van der Waals surface area contributed by atoms with Gasteiger partial charge < -0.3 is 4.57 Å². The van der Waals surface area contributed by atoms with Gasteiger partial charge in [-0.1, -0.05) is 23.7 Å². The lowest BCUT2D eigenvalue weighted by molar-refractivity contribution is 0.0706. The van der Waals surface area contributed by atoms with E-state index in [0.29, 0.717) is 17.1 Å². The number of hydroxylamine groups is 1. The first-order valence-electron chi connectivity index (χ1n) is 6.56. The van der Waals surface area contributed by atoms with Crippen molar-refractivity contribution in [1.82, 2.24) is 10.0 Å². The fourth-order valence-corrected chi connectivity index (χ4v) is 2.59. The lowest BCUT2D eigenvalue weighted by Gasteiger charge is -2.08. The van der Waals surface area contributed by atoms with Crippen molar-refractivity contribution < 1.29 is 14.4 Å². The zero-order chi connectivity index (χ0) is 15.7. The molecular weight excluding hydrogens is 307 g/mol. The van der Waals surface area contributed by atoms with Gasteiger partial charge in [-0.2, -0.15) is 0 Å². The van der Waals surface area contributed by atoms with Crippen LogP contribution in [0.25, 0.3) is 10.9 Å². The smallest absolute Gasteiger partial charge is 0.274 e. The van der Waals surface area contributed by atoms with Gasteiger partial charge in [0.25, 0.3) is 5.91 Å². The van der Waals surface area contributed by atoms with Crippen LogP contribution in [-0.4, -0.2) is 15.7 Å². The number of halogens is 2. The van der Waals surface area contributed by atoms with Crippen LogP contribution in [0.3, 0.4) is 0 Å². The second-order valence-corrected chi connectivity index (χ2v) is 5.30. The average molecular weight is 319 g/mol. The van der Waals surface area contributed by atoms with E-state index < -0.39 is 5.91 Å². The molecule has 112 valence electrons. The first kappa shape index (κ1) is 14.6. The summed E-state index contributed by atoms with van der Waals surface area (Å²) in [6.07, 6.45) is 1.87. The average Bonchev–Trinajstić information content (AvgIpc) is 2.91. The maximum atomic E-state index is 13.1. The van der Waals surface area contributed by atoms with Crippen molar-refractivity contribution in [2.24, 2.45) is 0 Å². The molecular formula is C16H12ClFN2O2. The quantitative estimate of drug-likeness (QED) is 0.572. The molecule has 0 radical (unpaired) electrons. The van der Waals surface area contributed by atoms with Gasteiger partial charge in [-0.15, -0.1) is 0 Å². The summed E-state index contributed by atoms with van der Waals surface area (Å²) in [7, 11) is 0. The predicted molar refractivity (Wildman–Crippen MR) is 81.7 cm³/mol. The number of carbonyl (C=O) groups excluding carboxylic acids is 1. The Morgan fingerprint density at radius 2 is 2.05 bits per heavy atom. The molecule has 6 heteroatoms. The fourth-order valence-electron chi connectivity index (χ4n) is 2.36. The maximum Gasteiger partial charge on any atom is 0.274 e. The molecule has 2 N–H and O–H groups in total. The molecule has 1 aromatic heterocycles. The van der Waals surface area contributed by atoms with Crippen LogP contribution in [0.1, 0.15) is 15.9 Å². The van der Waals surface area contributed by atoms with Crippen molar-refractivity contribution in [1.29, 1.82) is 0 Å². The SMILES string of the molecule is O=C(NO)c1ccc2ccn(Cc3ccc(F)cc3Cl)c2c1. The zero-order valence-electron chi connectivity index (χ0n) is 11.4. The van der Waals surface area contributed by atoms with Crippen molar-refractivity contribution in [2.75, 3.05) is 0 Å². The van der Waals surface area contributed by atoms with E-state index in [9.17, 15) is 9.18 Å². The van der Waals surface area contributed by atoms with E-state index in [1.165, 1.54) is 12.1 Å². The Labute approximate surface area is 130 Å². The van der Waals surface area contributed by atoms with E-state index in [4.69, 9.17) is 16.8 Å². The molecule has 0 saturated carbocycles. The Kier molecular flexibility index (Phi) is 3.83. The van der Waals surface area contributed by atoms with Gasteiger partial charge in [0, 0.05) is 28.8 Å². The van der Waals surface area contributed by atoms with E-state index in [-0.39, 0.29) is 5.82 Å². The molecule has 0 bridgehead atoms. The second kappa shape index (κ2) is 5.79. The highest BCUT2D eigenvalue weighted by Crippen LogP contribution is 2.23. The molecule has 1 heterocycles. The van der Waals surface area contributed by atoms with Crippen LogP contribution in [0.15, 0.2) is 48.7 Å². The van der Waals surface area contributed by atoms with E-state index in [0.717, 1.165) is 16.5 Å². The van der Waals surface area contributed by atoms with Crippen LogP contribution in [-0.2, 0) is 6.54 Å². The van der Waals surface area contributed by atoms with E-state index >= 15 is 0 Å². The van der Waals surface area contributed by atoms with Gasteiger partial charge in [0.2, 0.25) is 0 Å². The lowest BCUT2D eigenvalue weighted by atomic mass is 10.1. The number of rotatable bonds is 3. The van der Waals surface area contributed by atoms with Crippen molar-refractivity contribution in [3.63, 3.8) is 0 Å². The van der Waals surface area contributed by atoms with Crippen molar-refractivity contribution in [2.45, 2.75) is 6.54 Å². The van der Waals surface area contributed by atoms with Crippen molar-refractivity contribution >= 4 is 28.4 Å². The number of carbonyl (C=O) groups is 1. The molecule has 0 saturated heterocycles. The number of aromatic nitrogens is 1. The summed E-state index contributed by atoms with van der Waals surface area (Å²) in [5.41, 5.74) is 3.56. The summed E-state index contributed by atoms with van der Waals surface area (Å²) >= 11 is 6.05. The fraction of sp³-hybridized carbons (Fsp3) is 0.0625. The van der Waals surface area contributed by atoms with Gasteiger partial charge in [0.15, 0.2) is 0 Å². The minimum Gasteiger partial charge on any atom is -0.343 e. The summed E-state index contributed by atoms with van der Waals surface area (Å²) in [4.78, 5) is 11.5. The first-order valence-corrected chi connectivity index (χ1v) is 6.93. The Bertz CT molecular complexity index is 860. The van der Waals surface area contributed by atoms with E-state index in [1.54, 1.807) is 29.7 Å². The minimum absolute atomic E-state index is 0.347. The van der Waals surface area contributed by atoms with Gasteiger partial charge in [-0.05, 0) is 41.3 Å². The predicted octanol–water partition coefficient (Wildman–Crippen LogP) is 3.60. The molecule has 0 aliphatic rings. The number of hydrogen-bond acceptors (Lipinski definition) is 2. The Morgan fingerprint density at radius 1 is 1.23 bits per heavy atom. The molecule has 3 aromatic rings. The van der Waals surface area contributed by atoms with Crippen molar-refractivity contribution in [3.05, 3.63) is 70.6 Å². The number of nitrogens with one attached hydrogen (secondary N) is 1. The van der Waals surface area contributed by atoms with Crippen LogP contribution in [0.2, 0.25) is 5.02 Å². The number of fused-ring (bicyclic) bond motifs is 1. The van der Waals surface area contributed by atoms with Crippen LogP contribution >= 0.6 is 11.6 Å². The van der Waals surface area contributed by atoms with Crippen LogP contribution < -0.4 is 5.48 Å². The third-order valence-electron chi connectivity index (χ3n) is 3.49. The molecule has 0 atom stereocenters. The highest BCUT2D eigenvalue weighted by Gasteiger charge is 2.09. The number of hydrogen-bond donors (Lipinski definition) is 2. The van der Waals surface area contributed by atoms with Gasteiger partial charge in [-0.25, -0.2) is 9.87 Å². The normalized spacial score (nSPS) is 10.9. The summed E-state index contributed by atoms with van der Waals surface area (Å²) < 4.78 is 15.0. The molecule has 0 aliphatic heterocycles. The zero-order valence-corrected chi connectivity index (χ0v) is 12.1. The molecule has 0 unspecified atom stereocenters. The topological polar surface area (TPSA) is 54.3 Å². The molecule has 4 nitrogen and oxygen atoms in total. The van der Waals surface area contributed by atoms with Crippen LogP contribution in [0, 0.1) is 5.82 Å². The van der Waals surface area contributed by atoms with Crippen molar-refractivity contribution in [3.8, 4) is 0 Å². The highest BCUT2D eigenvalue weighted by molar-refractivity contribution is 6.31. The minimum atomic E-state index is -0.575. The molecule has 22 heavy (non-hydrogen) atoms. The van der Waals surface area contributed by atoms with Crippen LogP contribution in [0.4, 0.5) is 4.39 Å². The van der Waals surface area contributed by atoms with Crippen LogP contribution in [0.5, 0.6) is 0 Å². The Hall–Kier alpha value is -2.37. The Balaban J connectivity index is 2.01. The van der Waals surface area contributed by atoms with E-state index in [1.807, 2.05) is 16.8 Å². The molecule has 1 amide bonds. The largest absolute Gasteiger partial charge is 0.343 e. The van der Waals surface area contributed by atoms with E-state index in [2.05, 4.69) is 0 Å². The number of amides is 1. The molecule has 0 spiro atoms. The number of nitrogens with zero attached hydrogens (tertiary/aromatic N) is 1. The third-order valence-corrected chi connectivity index (χ3v) is 3.85. The summed E-state index contributed by atoms with van der Waals surface area (Å²) in [6, 6.07) is 11.3. The van der Waals surface area contributed by atoms with Gasteiger partial charge in [0.1, 0.15) is 5.82 Å². The molecule has 0 fully saturated rings. The Morgan fingerprint density at radius 3 is 2.77 bits per heavy atom. The second-order valence-electron chi connectivity index (χ2n) is 4.89. The standard InChI is InChI=1S/C16H12ClFN2O2/c17-14-8-13(18)4-3-12(14)9-20-6-5-10-1-2-11(7-15(10)20)16(21)19-22/h1-8,22H,9H2,(H,19,21). The van der Waals surface area contributed by atoms with Gasteiger partial charge >= 0.3 is 0 Å². The number of benzene rings is 2. The molecule has 3 rings (SSSR count). The van der Waals surface area contributed by atoms with Gasteiger partial charge in [0.05, 0.1) is 0 Å². The van der Waals surface area contributed by atoms with Gasteiger partial charge in [-0.3, -0.25) is 10.0 Å². The lowest BCUT2D eigenvalue weighted by Crippen LogP contribution is -2.18. The molecule has 0 aliphatic carbocycles. The molecule has 2 aromatic carbocycles. The first-order chi connectivity index (χ1) is 10.6. The monoisotopic (exact) mass is 318 g/mol. The summed E-state index contributed by atoms with van der Waals surface area (Å²) in [6.45, 7) is 0.451. The highest BCUT2D eigenvalue weighted by atomic mass is 35.5. The summed E-state index contributed by atoms with van der Waals surface area (Å²) in [5.74, 6) is -0.956. The maximum absolute atomic E-state index is 13.1.